The molecule has 0 aliphatic carbocycles. The molecule has 0 unspecified atom stereocenters. The maximum atomic E-state index is 8.72. The van der Waals surface area contributed by atoms with E-state index in [4.69, 9.17) is 22.7 Å². The number of hydrazone groups is 2. The second kappa shape index (κ2) is 8.79. The van der Waals surface area contributed by atoms with Crippen molar-refractivity contribution in [1.29, 1.82) is 10.5 Å². The Balaban J connectivity index is 1.80. The minimum absolute atomic E-state index is 0.241. The largest absolute Gasteiger partial charge is 0.252 e. The Morgan fingerprint density at radius 2 is 1.17 bits per heavy atom. The second-order valence-corrected chi connectivity index (χ2v) is 4.95. The molecule has 0 bridgehead atoms. The van der Waals surface area contributed by atoms with Gasteiger partial charge in [-0.3, -0.25) is 10.9 Å². The van der Waals surface area contributed by atoms with Crippen molar-refractivity contribution in [2.75, 3.05) is 0 Å². The standard InChI is InChI=1S/C17H12N6S/c18-9-13-1-5-15(6-2-13)11-20-22-17(24)23-21-12-16-7-3-14(10-19)4-8-16/h1-8,11-12H,(H2,22,23,24). The first kappa shape index (κ1) is 16.8. The van der Waals surface area contributed by atoms with Crippen molar-refractivity contribution in [1.82, 2.24) is 10.9 Å². The van der Waals surface area contributed by atoms with Crippen LogP contribution in [0.25, 0.3) is 0 Å². The Kier molecular flexibility index (Phi) is 6.16. The predicted molar refractivity (Wildman–Crippen MR) is 96.4 cm³/mol. The van der Waals surface area contributed by atoms with Crippen LogP contribution in [0.3, 0.4) is 0 Å². The summed E-state index contributed by atoms with van der Waals surface area (Å²) in [5, 5.41) is 25.6. The van der Waals surface area contributed by atoms with Crippen LogP contribution in [-0.2, 0) is 0 Å². The molecule has 0 radical (unpaired) electrons. The van der Waals surface area contributed by atoms with E-state index in [1.54, 1.807) is 61.0 Å². The van der Waals surface area contributed by atoms with Crippen LogP contribution in [0.4, 0.5) is 0 Å². The van der Waals surface area contributed by atoms with Gasteiger partial charge in [0.25, 0.3) is 0 Å². The highest BCUT2D eigenvalue weighted by Gasteiger charge is 1.93. The third kappa shape index (κ3) is 5.34. The van der Waals surface area contributed by atoms with Gasteiger partial charge in [-0.2, -0.15) is 20.7 Å². The number of benzene rings is 2. The van der Waals surface area contributed by atoms with Crippen LogP contribution >= 0.6 is 12.2 Å². The molecule has 0 amide bonds. The number of nitrogens with one attached hydrogen (secondary N) is 2. The fraction of sp³-hybridized carbons (Fsp3) is 0. The van der Waals surface area contributed by atoms with E-state index in [-0.39, 0.29) is 5.11 Å². The fourth-order valence-electron chi connectivity index (χ4n) is 1.64. The van der Waals surface area contributed by atoms with Gasteiger partial charge >= 0.3 is 0 Å². The van der Waals surface area contributed by atoms with Gasteiger partial charge in [0.1, 0.15) is 0 Å². The van der Waals surface area contributed by atoms with E-state index >= 15 is 0 Å². The van der Waals surface area contributed by atoms with E-state index in [1.807, 2.05) is 12.1 Å². The molecule has 0 saturated heterocycles. The van der Waals surface area contributed by atoms with Crippen molar-refractivity contribution in [3.63, 3.8) is 0 Å². The Bertz CT molecular complexity index is 767. The molecule has 2 rings (SSSR count). The minimum Gasteiger partial charge on any atom is -0.252 e. The van der Waals surface area contributed by atoms with Crippen LogP contribution in [0.5, 0.6) is 0 Å². The quantitative estimate of drug-likeness (QED) is 0.508. The summed E-state index contributed by atoms with van der Waals surface area (Å²) >= 11 is 5.03. The average Bonchev–Trinajstić information content (AvgIpc) is 2.63. The van der Waals surface area contributed by atoms with Crippen LogP contribution in [-0.4, -0.2) is 17.5 Å². The molecule has 0 saturated carbocycles. The number of rotatable bonds is 4. The van der Waals surface area contributed by atoms with Crippen molar-refractivity contribution >= 4 is 29.8 Å². The Morgan fingerprint density at radius 1 is 0.792 bits per heavy atom. The Morgan fingerprint density at radius 3 is 1.50 bits per heavy atom. The van der Waals surface area contributed by atoms with Gasteiger partial charge in [-0.1, -0.05) is 24.3 Å². The summed E-state index contributed by atoms with van der Waals surface area (Å²) < 4.78 is 0. The molecule has 6 nitrogen and oxygen atoms in total. The van der Waals surface area contributed by atoms with Crippen molar-refractivity contribution in [2.45, 2.75) is 0 Å². The molecule has 2 aromatic carbocycles. The predicted octanol–water partition coefficient (Wildman–Crippen LogP) is 2.26. The van der Waals surface area contributed by atoms with Crippen molar-refractivity contribution in [3.05, 3.63) is 70.8 Å². The molecule has 2 aromatic rings. The molecule has 0 spiro atoms. The summed E-state index contributed by atoms with van der Waals surface area (Å²) in [5.41, 5.74) is 8.13. The molecule has 2 N–H and O–H groups in total. The lowest BCUT2D eigenvalue weighted by Crippen LogP contribution is -2.28. The van der Waals surface area contributed by atoms with Crippen molar-refractivity contribution in [3.8, 4) is 12.1 Å². The Hall–Kier alpha value is -3.55. The molecule has 116 valence electrons. The van der Waals surface area contributed by atoms with Crippen LogP contribution in [0.15, 0.2) is 58.7 Å². The van der Waals surface area contributed by atoms with Gasteiger partial charge < -0.3 is 0 Å². The zero-order valence-corrected chi connectivity index (χ0v) is 13.3. The maximum absolute atomic E-state index is 8.72. The summed E-state index contributed by atoms with van der Waals surface area (Å²) in [7, 11) is 0. The normalized spacial score (nSPS) is 10.2. The fourth-order valence-corrected chi connectivity index (χ4v) is 1.75. The summed E-state index contributed by atoms with van der Waals surface area (Å²) in [5.74, 6) is 0. The average molecular weight is 332 g/mol. The topological polar surface area (TPSA) is 96.4 Å². The molecule has 0 heterocycles. The van der Waals surface area contributed by atoms with Gasteiger partial charge in [0.15, 0.2) is 0 Å². The lowest BCUT2D eigenvalue weighted by Gasteiger charge is -2.01. The van der Waals surface area contributed by atoms with E-state index in [0.717, 1.165) is 11.1 Å². The second-order valence-electron chi connectivity index (χ2n) is 4.54. The highest BCUT2D eigenvalue weighted by Crippen LogP contribution is 2.01. The summed E-state index contributed by atoms with van der Waals surface area (Å²) in [6, 6.07) is 18.1. The highest BCUT2D eigenvalue weighted by atomic mass is 32.1. The molecule has 0 fully saturated rings. The maximum Gasteiger partial charge on any atom is 0.207 e. The number of nitriles is 2. The third-order valence-electron chi connectivity index (χ3n) is 2.84. The lowest BCUT2D eigenvalue weighted by atomic mass is 10.2. The number of thiocarbonyl (C=S) groups is 1. The molecular formula is C17H12N6S. The summed E-state index contributed by atoms with van der Waals surface area (Å²) in [6.45, 7) is 0. The van der Waals surface area contributed by atoms with E-state index in [1.165, 1.54) is 0 Å². The SMILES string of the molecule is N#Cc1ccc(C=NNC(=S)NN=Cc2ccc(C#N)cc2)cc1. The first-order chi connectivity index (χ1) is 11.7. The molecular weight excluding hydrogens is 320 g/mol. The van der Waals surface area contributed by atoms with Crippen LogP contribution < -0.4 is 10.9 Å². The van der Waals surface area contributed by atoms with E-state index in [0.29, 0.717) is 11.1 Å². The number of nitrogens with zero attached hydrogens (tertiary/aromatic N) is 4. The summed E-state index contributed by atoms with van der Waals surface area (Å²) in [4.78, 5) is 0. The third-order valence-corrected chi connectivity index (χ3v) is 3.02. The van der Waals surface area contributed by atoms with E-state index in [2.05, 4.69) is 21.1 Å². The zero-order valence-electron chi connectivity index (χ0n) is 12.5. The zero-order chi connectivity index (χ0) is 17.2. The molecule has 0 atom stereocenters. The molecule has 7 heteroatoms. The molecule has 24 heavy (non-hydrogen) atoms. The van der Waals surface area contributed by atoms with Crippen molar-refractivity contribution < 1.29 is 0 Å². The van der Waals surface area contributed by atoms with Gasteiger partial charge in [-0.15, -0.1) is 0 Å². The molecule has 0 aliphatic heterocycles. The van der Waals surface area contributed by atoms with Gasteiger partial charge in [-0.25, -0.2) is 0 Å². The van der Waals surface area contributed by atoms with Gasteiger partial charge in [0.2, 0.25) is 5.11 Å². The highest BCUT2D eigenvalue weighted by molar-refractivity contribution is 7.80. The first-order valence-electron chi connectivity index (χ1n) is 6.84. The number of hydrogen-bond donors (Lipinski definition) is 2. The lowest BCUT2D eigenvalue weighted by molar-refractivity contribution is 0.935. The van der Waals surface area contributed by atoms with Crippen LogP contribution in [0.1, 0.15) is 22.3 Å². The van der Waals surface area contributed by atoms with Gasteiger partial charge in [-0.05, 0) is 47.6 Å². The van der Waals surface area contributed by atoms with Gasteiger partial charge in [0, 0.05) is 0 Å². The van der Waals surface area contributed by atoms with Crippen molar-refractivity contribution in [2.24, 2.45) is 10.2 Å². The summed E-state index contributed by atoms with van der Waals surface area (Å²) in [6.07, 6.45) is 3.17. The van der Waals surface area contributed by atoms with Crippen LogP contribution in [0.2, 0.25) is 0 Å². The number of hydrogen-bond acceptors (Lipinski definition) is 5. The molecule has 0 aromatic heterocycles. The van der Waals surface area contributed by atoms with E-state index < -0.39 is 0 Å². The smallest absolute Gasteiger partial charge is 0.207 e. The van der Waals surface area contributed by atoms with Crippen LogP contribution in [0, 0.1) is 22.7 Å². The molecule has 0 aliphatic rings. The van der Waals surface area contributed by atoms with E-state index in [9.17, 15) is 0 Å². The first-order valence-corrected chi connectivity index (χ1v) is 7.24. The minimum atomic E-state index is 0.241. The van der Waals surface area contributed by atoms with Gasteiger partial charge in [0.05, 0.1) is 35.7 Å². The monoisotopic (exact) mass is 332 g/mol. The Labute approximate surface area is 144 Å².